The second-order valence-corrected chi connectivity index (χ2v) is 8.94. The molecule has 1 aliphatic rings. The monoisotopic (exact) mass is 475 g/mol. The second-order valence-electron chi connectivity index (χ2n) is 7.24. The van der Waals surface area contributed by atoms with Crippen LogP contribution in [-0.2, 0) is 18.6 Å². The molecule has 0 aliphatic carbocycles. The summed E-state index contributed by atoms with van der Waals surface area (Å²) in [6.45, 7) is 2.31. The summed E-state index contributed by atoms with van der Waals surface area (Å²) in [5.41, 5.74) is -2.49. The number of nitrogens with zero attached hydrogens (tertiary/aromatic N) is 1. The average molecular weight is 475 g/mol. The molecule has 0 unspecified atom stereocenters. The molecular weight excluding hydrogens is 453 g/mol. The van der Waals surface area contributed by atoms with Crippen LogP contribution in [0.4, 0.5) is 0 Å². The topological polar surface area (TPSA) is 149 Å². The van der Waals surface area contributed by atoms with Crippen LogP contribution in [0.2, 0.25) is 0 Å². The van der Waals surface area contributed by atoms with Gasteiger partial charge in [0.1, 0.15) is 18.4 Å². The summed E-state index contributed by atoms with van der Waals surface area (Å²) in [6, 6.07) is 6.77. The van der Waals surface area contributed by atoms with Crippen LogP contribution in [0.5, 0.6) is 5.75 Å². The molecule has 33 heavy (non-hydrogen) atoms. The van der Waals surface area contributed by atoms with Crippen LogP contribution in [-0.4, -0.2) is 38.9 Å². The molecule has 12 heteroatoms. The minimum atomic E-state index is -4.23. The van der Waals surface area contributed by atoms with E-state index in [1.165, 1.54) is 44.3 Å². The van der Waals surface area contributed by atoms with Crippen molar-refractivity contribution in [2.75, 3.05) is 6.61 Å². The van der Waals surface area contributed by atoms with Gasteiger partial charge in [-0.15, -0.1) is 6.42 Å². The Hall–Kier alpha value is -3.42. The Kier molecular flexibility index (Phi) is 7.05. The first-order chi connectivity index (χ1) is 15.6. The summed E-state index contributed by atoms with van der Waals surface area (Å²) in [5, 5.41) is 11.5. The summed E-state index contributed by atoms with van der Waals surface area (Å²) < 4.78 is 31.2. The van der Waals surface area contributed by atoms with Crippen molar-refractivity contribution >= 4 is 13.7 Å². The third kappa shape index (κ3) is 5.69. The number of carbonyl (C=O) groups is 1. The van der Waals surface area contributed by atoms with Crippen molar-refractivity contribution in [2.45, 2.75) is 31.7 Å². The van der Waals surface area contributed by atoms with Crippen LogP contribution in [0.25, 0.3) is 0 Å². The number of carboxylic acids is 1. The predicted octanol–water partition coefficient (Wildman–Crippen LogP) is 1.57. The van der Waals surface area contributed by atoms with Gasteiger partial charge < -0.3 is 14.4 Å². The summed E-state index contributed by atoms with van der Waals surface area (Å²) >= 11 is 0. The summed E-state index contributed by atoms with van der Waals surface area (Å²) in [6.07, 6.45) is 8.92. The molecule has 0 fully saturated rings. The Morgan fingerprint density at radius 1 is 1.42 bits per heavy atom. The molecule has 11 nitrogen and oxygen atoms in total. The van der Waals surface area contributed by atoms with Gasteiger partial charge in [-0.2, -0.15) is 5.09 Å². The zero-order valence-electron chi connectivity index (χ0n) is 17.8. The van der Waals surface area contributed by atoms with Gasteiger partial charge >= 0.3 is 19.4 Å². The smallest absolute Gasteiger partial charge is 0.459 e. The van der Waals surface area contributed by atoms with Gasteiger partial charge in [-0.1, -0.05) is 24.1 Å². The third-order valence-corrected chi connectivity index (χ3v) is 6.29. The fraction of sp³-hybridized carbons (Fsp3) is 0.286. The number of para-hydroxylation sites is 1. The van der Waals surface area contributed by atoms with Crippen LogP contribution < -0.4 is 20.9 Å². The van der Waals surface area contributed by atoms with E-state index in [1.54, 1.807) is 18.2 Å². The van der Waals surface area contributed by atoms with Crippen molar-refractivity contribution in [3.8, 4) is 18.1 Å². The molecule has 0 amide bonds. The highest BCUT2D eigenvalue weighted by Crippen LogP contribution is 2.46. The van der Waals surface area contributed by atoms with E-state index in [-0.39, 0.29) is 11.3 Å². The van der Waals surface area contributed by atoms with Crippen LogP contribution in [0.15, 0.2) is 58.3 Å². The van der Waals surface area contributed by atoms with E-state index in [1.807, 2.05) is 0 Å². The molecular formula is C21H22N3O8P. The highest BCUT2D eigenvalue weighted by Gasteiger charge is 2.40. The number of carboxylic acid groups (broad SMARTS) is 1. The number of aromatic amines is 1. The molecule has 174 valence electrons. The van der Waals surface area contributed by atoms with Crippen LogP contribution in [0.1, 0.15) is 18.7 Å². The van der Waals surface area contributed by atoms with E-state index in [9.17, 15) is 24.1 Å². The normalized spacial score (nSPS) is 22.3. The van der Waals surface area contributed by atoms with E-state index in [0.717, 1.165) is 4.57 Å². The van der Waals surface area contributed by atoms with E-state index in [2.05, 4.69) is 16.0 Å². The lowest BCUT2D eigenvalue weighted by atomic mass is 10.1. The van der Waals surface area contributed by atoms with Gasteiger partial charge in [0.2, 0.25) is 0 Å². The molecule has 2 heterocycles. The maximum Gasteiger partial charge on any atom is 0.459 e. The van der Waals surface area contributed by atoms with Gasteiger partial charge in [-0.25, -0.2) is 9.36 Å². The Labute approximate surface area is 188 Å². The van der Waals surface area contributed by atoms with E-state index in [4.69, 9.17) is 20.2 Å². The average Bonchev–Trinajstić information content (AvgIpc) is 3.20. The lowest BCUT2D eigenvalue weighted by molar-refractivity contribution is -0.138. The van der Waals surface area contributed by atoms with Crippen molar-refractivity contribution in [3.05, 3.63) is 75.1 Å². The molecule has 0 radical (unpaired) electrons. The fourth-order valence-corrected chi connectivity index (χ4v) is 4.37. The van der Waals surface area contributed by atoms with E-state index < -0.39 is 49.4 Å². The highest BCUT2D eigenvalue weighted by molar-refractivity contribution is 7.52. The van der Waals surface area contributed by atoms with Crippen molar-refractivity contribution in [3.63, 3.8) is 0 Å². The summed E-state index contributed by atoms with van der Waals surface area (Å²) in [7, 11) is -4.23. The Bertz CT molecular complexity index is 1260. The standard InChI is InChI=1S/C21H22N3O8P/c1-4-21(11-10-17(31-21)24-12-14(2)18(25)22-20(24)28)13-30-33(29,23-15(3)19(26)27)32-16-8-6-5-7-9-16/h1,5-12,15,17H,13H2,2-3H3,(H,23,29)(H,26,27)(H,22,25,28)/t15-,17+,21-,33-/m0/s1. The molecule has 3 rings (SSSR count). The first-order valence-corrected chi connectivity index (χ1v) is 11.3. The molecule has 0 saturated heterocycles. The molecule has 0 spiro atoms. The molecule has 0 bridgehead atoms. The SMILES string of the molecule is C#C[C@@]1(CO[P@@](=O)(N[C@@H](C)C(=O)O)Oc2ccccc2)C=C[C@H](n2cc(C)c(=O)[nH]c2=O)O1. The second kappa shape index (κ2) is 9.60. The number of ether oxygens (including phenoxy) is 1. The van der Waals surface area contributed by atoms with E-state index in [0.29, 0.717) is 0 Å². The number of H-pyrrole nitrogens is 1. The molecule has 2 aromatic rings. The number of terminal acetylenes is 1. The van der Waals surface area contributed by atoms with Gasteiger partial charge in [0.25, 0.3) is 5.56 Å². The Morgan fingerprint density at radius 3 is 2.76 bits per heavy atom. The predicted molar refractivity (Wildman–Crippen MR) is 118 cm³/mol. The largest absolute Gasteiger partial charge is 0.480 e. The maximum absolute atomic E-state index is 13.3. The van der Waals surface area contributed by atoms with Crippen molar-refractivity contribution in [1.29, 1.82) is 0 Å². The number of hydrogen-bond donors (Lipinski definition) is 3. The Morgan fingerprint density at radius 2 is 2.12 bits per heavy atom. The lowest BCUT2D eigenvalue weighted by Crippen LogP contribution is -2.38. The zero-order valence-corrected chi connectivity index (χ0v) is 18.7. The number of rotatable bonds is 9. The fourth-order valence-electron chi connectivity index (χ4n) is 2.85. The van der Waals surface area contributed by atoms with Crippen molar-refractivity contribution in [1.82, 2.24) is 14.6 Å². The number of aromatic nitrogens is 2. The minimum absolute atomic E-state index is 0.178. The highest BCUT2D eigenvalue weighted by atomic mass is 31.2. The summed E-state index contributed by atoms with van der Waals surface area (Å²) in [5.74, 6) is 1.30. The number of aryl methyl sites for hydroxylation is 1. The molecule has 1 aliphatic heterocycles. The van der Waals surface area contributed by atoms with Gasteiger partial charge in [0, 0.05) is 11.8 Å². The zero-order chi connectivity index (χ0) is 24.2. The van der Waals surface area contributed by atoms with Crippen LogP contribution >= 0.6 is 7.75 Å². The lowest BCUT2D eigenvalue weighted by Gasteiger charge is -2.27. The van der Waals surface area contributed by atoms with Crippen molar-refractivity contribution < 1.29 is 28.3 Å². The van der Waals surface area contributed by atoms with Crippen LogP contribution in [0, 0.1) is 19.3 Å². The van der Waals surface area contributed by atoms with Crippen LogP contribution in [0.3, 0.4) is 0 Å². The molecule has 1 aromatic heterocycles. The van der Waals surface area contributed by atoms with Crippen molar-refractivity contribution in [2.24, 2.45) is 0 Å². The molecule has 4 atom stereocenters. The minimum Gasteiger partial charge on any atom is -0.480 e. The molecule has 3 N–H and O–H groups in total. The quantitative estimate of drug-likeness (QED) is 0.279. The molecule has 1 aromatic carbocycles. The number of hydrogen-bond acceptors (Lipinski definition) is 7. The maximum atomic E-state index is 13.3. The third-order valence-electron chi connectivity index (χ3n) is 4.67. The Balaban J connectivity index is 1.81. The van der Waals surface area contributed by atoms with Gasteiger partial charge in [-0.05, 0) is 38.1 Å². The van der Waals surface area contributed by atoms with Gasteiger partial charge in [0.15, 0.2) is 11.8 Å². The van der Waals surface area contributed by atoms with Gasteiger partial charge in [-0.3, -0.25) is 23.7 Å². The first kappa shape index (κ1) is 24.2. The molecule has 0 saturated carbocycles. The van der Waals surface area contributed by atoms with Gasteiger partial charge in [0.05, 0.1) is 0 Å². The summed E-state index contributed by atoms with van der Waals surface area (Å²) in [4.78, 5) is 37.2. The number of benzene rings is 1. The first-order valence-electron chi connectivity index (χ1n) is 9.73. The number of nitrogens with one attached hydrogen (secondary N) is 2. The van der Waals surface area contributed by atoms with E-state index >= 15 is 0 Å². The number of aliphatic carboxylic acids is 1.